The molecule has 2 heterocycles. The van der Waals surface area contributed by atoms with E-state index in [1.54, 1.807) is 19.2 Å². The minimum absolute atomic E-state index is 0.00225. The molecule has 0 saturated heterocycles. The summed E-state index contributed by atoms with van der Waals surface area (Å²) in [4.78, 5) is 40.3. The van der Waals surface area contributed by atoms with E-state index in [4.69, 9.17) is 11.6 Å². The molecule has 4 rings (SSSR count). The zero-order valence-electron chi connectivity index (χ0n) is 15.4. The van der Waals surface area contributed by atoms with Crippen molar-refractivity contribution >= 4 is 23.2 Å². The molecule has 1 aliphatic heterocycles. The van der Waals surface area contributed by atoms with Crippen molar-refractivity contribution in [3.05, 3.63) is 72.5 Å². The quantitative estimate of drug-likeness (QED) is 0.790. The van der Waals surface area contributed by atoms with Crippen molar-refractivity contribution in [2.45, 2.75) is 32.6 Å². The second kappa shape index (κ2) is 5.96. The van der Waals surface area contributed by atoms with E-state index in [0.29, 0.717) is 40.4 Å². The number of Topliss-reactive ketones (excluding diaryl/α,β-unsaturated/α-hetero) is 1. The summed E-state index contributed by atoms with van der Waals surface area (Å²) in [5.41, 5.74) is 1.15. The summed E-state index contributed by atoms with van der Waals surface area (Å²) in [5.74, 6) is -0.195. The molecule has 7 heteroatoms. The van der Waals surface area contributed by atoms with Gasteiger partial charge in [0, 0.05) is 35.7 Å². The third kappa shape index (κ3) is 2.75. The lowest BCUT2D eigenvalue weighted by Gasteiger charge is -2.39. The monoisotopic (exact) mass is 385 g/mol. The minimum Gasteiger partial charge on any atom is -0.344 e. The van der Waals surface area contributed by atoms with E-state index < -0.39 is 17.2 Å². The Morgan fingerprint density at radius 2 is 1.85 bits per heavy atom. The highest BCUT2D eigenvalue weighted by molar-refractivity contribution is 6.31. The molecule has 6 nitrogen and oxygen atoms in total. The Morgan fingerprint density at radius 3 is 2.56 bits per heavy atom. The van der Waals surface area contributed by atoms with Crippen LogP contribution < -0.4 is 16.6 Å². The van der Waals surface area contributed by atoms with Crippen LogP contribution in [-0.4, -0.2) is 15.3 Å². The van der Waals surface area contributed by atoms with Gasteiger partial charge in [-0.2, -0.15) is 0 Å². The first-order valence-corrected chi connectivity index (χ1v) is 9.18. The number of nitrogens with zero attached hydrogens (tertiary/aromatic N) is 1. The number of H-pyrrole nitrogens is 1. The second-order valence-corrected chi connectivity index (χ2v) is 8.40. The Morgan fingerprint density at radius 1 is 1.15 bits per heavy atom. The third-order valence-corrected chi connectivity index (χ3v) is 5.69. The van der Waals surface area contributed by atoms with Crippen LogP contribution in [0, 0.1) is 5.41 Å². The van der Waals surface area contributed by atoms with Crippen LogP contribution in [0.2, 0.25) is 5.02 Å². The SMILES string of the molecule is Cn1c2c(c(=O)[nH]c1=O)C(c1ccccc1Cl)C1=C(CC(C)(C)CC1=O)N2. The van der Waals surface area contributed by atoms with Gasteiger partial charge < -0.3 is 5.32 Å². The molecule has 2 N–H and O–H groups in total. The maximum atomic E-state index is 13.1. The normalized spacial score (nSPS) is 20.7. The smallest absolute Gasteiger partial charge is 0.329 e. The zero-order valence-corrected chi connectivity index (χ0v) is 16.1. The first kappa shape index (κ1) is 17.8. The number of aromatic nitrogens is 2. The number of benzene rings is 1. The van der Waals surface area contributed by atoms with Crippen LogP contribution in [0.3, 0.4) is 0 Å². The number of allylic oxidation sites excluding steroid dienone is 2. The van der Waals surface area contributed by atoms with Gasteiger partial charge in [-0.15, -0.1) is 0 Å². The van der Waals surface area contributed by atoms with E-state index >= 15 is 0 Å². The Kier molecular flexibility index (Phi) is 3.93. The molecule has 0 spiro atoms. The van der Waals surface area contributed by atoms with Gasteiger partial charge in [-0.3, -0.25) is 19.1 Å². The number of aromatic amines is 1. The van der Waals surface area contributed by atoms with Crippen molar-refractivity contribution in [2.75, 3.05) is 5.32 Å². The number of hydrogen-bond acceptors (Lipinski definition) is 4. The Bertz CT molecular complexity index is 1120. The van der Waals surface area contributed by atoms with Gasteiger partial charge in [-0.1, -0.05) is 43.6 Å². The Labute approximate surface area is 160 Å². The van der Waals surface area contributed by atoms with Gasteiger partial charge in [-0.25, -0.2) is 4.79 Å². The fourth-order valence-corrected chi connectivity index (χ4v) is 4.39. The molecule has 1 unspecified atom stereocenters. The molecule has 1 atom stereocenters. The average molecular weight is 386 g/mol. The van der Waals surface area contributed by atoms with E-state index in [-0.39, 0.29) is 11.2 Å². The van der Waals surface area contributed by atoms with Gasteiger partial charge in [0.2, 0.25) is 0 Å². The number of fused-ring (bicyclic) bond motifs is 1. The number of carbonyl (C=O) groups is 1. The molecule has 0 amide bonds. The van der Waals surface area contributed by atoms with E-state index in [1.807, 2.05) is 26.0 Å². The number of halogens is 1. The van der Waals surface area contributed by atoms with Gasteiger partial charge in [0.25, 0.3) is 5.56 Å². The van der Waals surface area contributed by atoms with Crippen LogP contribution in [0.15, 0.2) is 45.1 Å². The van der Waals surface area contributed by atoms with Crippen molar-refractivity contribution in [1.29, 1.82) is 0 Å². The van der Waals surface area contributed by atoms with Gasteiger partial charge in [0.1, 0.15) is 5.82 Å². The van der Waals surface area contributed by atoms with Crippen molar-refractivity contribution in [2.24, 2.45) is 12.5 Å². The van der Waals surface area contributed by atoms with Crippen LogP contribution in [-0.2, 0) is 11.8 Å². The molecule has 0 radical (unpaired) electrons. The highest BCUT2D eigenvalue weighted by Crippen LogP contribution is 2.48. The average Bonchev–Trinajstić information content (AvgIpc) is 2.57. The van der Waals surface area contributed by atoms with Crippen molar-refractivity contribution < 1.29 is 4.79 Å². The molecule has 1 aromatic heterocycles. The largest absolute Gasteiger partial charge is 0.344 e. The number of ketones is 1. The van der Waals surface area contributed by atoms with Crippen molar-refractivity contribution in [3.63, 3.8) is 0 Å². The minimum atomic E-state index is -0.607. The third-order valence-electron chi connectivity index (χ3n) is 5.34. The summed E-state index contributed by atoms with van der Waals surface area (Å²) in [6.45, 7) is 4.07. The summed E-state index contributed by atoms with van der Waals surface area (Å²) < 4.78 is 1.37. The van der Waals surface area contributed by atoms with E-state index in [9.17, 15) is 14.4 Å². The Balaban J connectivity index is 2.08. The molecular weight excluding hydrogens is 366 g/mol. The number of carbonyl (C=O) groups excluding carboxylic acids is 1. The molecule has 2 aliphatic rings. The van der Waals surface area contributed by atoms with Gasteiger partial charge in [0.05, 0.1) is 5.56 Å². The van der Waals surface area contributed by atoms with Crippen molar-refractivity contribution in [1.82, 2.24) is 9.55 Å². The van der Waals surface area contributed by atoms with Crippen molar-refractivity contribution in [3.8, 4) is 0 Å². The number of anilines is 1. The highest BCUT2D eigenvalue weighted by Gasteiger charge is 2.43. The van der Waals surface area contributed by atoms with Gasteiger partial charge in [-0.05, 0) is 23.5 Å². The molecule has 1 aliphatic carbocycles. The molecule has 2 aromatic rings. The molecule has 27 heavy (non-hydrogen) atoms. The standard InChI is InChI=1S/C20H20ClN3O3/c1-20(2)8-12-15(13(25)9-20)14(10-6-4-5-7-11(10)21)16-17(22-12)24(3)19(27)23-18(16)26/h4-7,14,22H,8-9H2,1-3H3,(H,23,26,27). The van der Waals surface area contributed by atoms with Crippen LogP contribution in [0.25, 0.3) is 0 Å². The maximum absolute atomic E-state index is 13.1. The van der Waals surface area contributed by atoms with Gasteiger partial charge in [0.15, 0.2) is 5.78 Å². The summed E-state index contributed by atoms with van der Waals surface area (Å²) >= 11 is 6.45. The fourth-order valence-electron chi connectivity index (χ4n) is 4.15. The topological polar surface area (TPSA) is 84.0 Å². The second-order valence-electron chi connectivity index (χ2n) is 7.99. The predicted molar refractivity (Wildman–Crippen MR) is 104 cm³/mol. The molecule has 0 bridgehead atoms. The lowest BCUT2D eigenvalue weighted by Crippen LogP contribution is -2.41. The fraction of sp³-hybridized carbons (Fsp3) is 0.350. The first-order chi connectivity index (χ1) is 12.7. The maximum Gasteiger partial charge on any atom is 0.329 e. The molecule has 0 fully saturated rings. The Hall–Kier alpha value is -2.60. The molecule has 0 saturated carbocycles. The van der Waals surface area contributed by atoms with E-state index in [0.717, 1.165) is 5.70 Å². The van der Waals surface area contributed by atoms with Gasteiger partial charge >= 0.3 is 5.69 Å². The predicted octanol–water partition coefficient (Wildman–Crippen LogP) is 2.93. The summed E-state index contributed by atoms with van der Waals surface area (Å²) in [5, 5.41) is 3.69. The zero-order chi connectivity index (χ0) is 19.5. The van der Waals surface area contributed by atoms with Crippen LogP contribution in [0.4, 0.5) is 5.82 Å². The summed E-state index contributed by atoms with van der Waals surface area (Å²) in [6, 6.07) is 7.20. The van der Waals surface area contributed by atoms with E-state index in [2.05, 4.69) is 10.3 Å². The highest BCUT2D eigenvalue weighted by atomic mass is 35.5. The molecule has 1 aromatic carbocycles. The molecule has 140 valence electrons. The number of nitrogens with one attached hydrogen (secondary N) is 2. The van der Waals surface area contributed by atoms with Crippen LogP contribution in [0.1, 0.15) is 43.7 Å². The summed E-state index contributed by atoms with van der Waals surface area (Å²) in [7, 11) is 1.59. The number of hydrogen-bond donors (Lipinski definition) is 2. The lowest BCUT2D eigenvalue weighted by molar-refractivity contribution is -0.118. The molecular formula is C20H20ClN3O3. The van der Waals surface area contributed by atoms with E-state index in [1.165, 1.54) is 4.57 Å². The lowest BCUT2D eigenvalue weighted by atomic mass is 9.69. The number of rotatable bonds is 1. The summed E-state index contributed by atoms with van der Waals surface area (Å²) in [6.07, 6.45) is 1.04. The van der Waals surface area contributed by atoms with Crippen LogP contribution >= 0.6 is 11.6 Å². The van der Waals surface area contributed by atoms with Crippen LogP contribution in [0.5, 0.6) is 0 Å². The first-order valence-electron chi connectivity index (χ1n) is 8.80.